The smallest absolute Gasteiger partial charge is 0.338 e. The van der Waals surface area contributed by atoms with E-state index in [1.54, 1.807) is 62.0 Å². The fourth-order valence-corrected chi connectivity index (χ4v) is 3.56. The Morgan fingerprint density at radius 2 is 1.75 bits per heavy atom. The summed E-state index contributed by atoms with van der Waals surface area (Å²) < 4.78 is 5.16. The highest BCUT2D eigenvalue weighted by Crippen LogP contribution is 2.30. The van der Waals surface area contributed by atoms with Gasteiger partial charge in [-0.2, -0.15) is 0 Å². The van der Waals surface area contributed by atoms with E-state index in [0.717, 1.165) is 24.6 Å². The van der Waals surface area contributed by atoms with Crippen LogP contribution in [0.1, 0.15) is 27.6 Å². The first-order valence-corrected chi connectivity index (χ1v) is 10.4. The van der Waals surface area contributed by atoms with Gasteiger partial charge in [0.05, 0.1) is 35.3 Å². The van der Waals surface area contributed by atoms with Gasteiger partial charge in [-0.15, -0.1) is 0 Å². The molecule has 9 heteroatoms. The monoisotopic (exact) mass is 432 g/mol. The number of anilines is 3. The zero-order valence-corrected chi connectivity index (χ0v) is 17.8. The fraction of sp³-hybridized carbons (Fsp3) is 0.261. The summed E-state index contributed by atoms with van der Waals surface area (Å²) in [7, 11) is 0. The second kappa shape index (κ2) is 9.86. The maximum atomic E-state index is 12.7. The van der Waals surface area contributed by atoms with Crippen LogP contribution in [-0.4, -0.2) is 59.6 Å². The average molecular weight is 432 g/mol. The maximum Gasteiger partial charge on any atom is 0.338 e. The molecule has 0 radical (unpaired) electrons. The van der Waals surface area contributed by atoms with Gasteiger partial charge in [0.15, 0.2) is 0 Å². The third-order valence-electron chi connectivity index (χ3n) is 5.17. The number of amides is 1. The first-order chi connectivity index (χ1) is 15.7. The zero-order valence-electron chi connectivity index (χ0n) is 17.8. The average Bonchev–Trinajstić information content (AvgIpc) is 2.85. The molecule has 0 saturated carbocycles. The van der Waals surface area contributed by atoms with Crippen molar-refractivity contribution in [1.82, 2.24) is 15.0 Å². The molecule has 0 bridgehead atoms. The number of pyridine rings is 1. The van der Waals surface area contributed by atoms with Gasteiger partial charge in [-0.25, -0.2) is 9.78 Å². The van der Waals surface area contributed by atoms with E-state index in [-0.39, 0.29) is 5.91 Å². The van der Waals surface area contributed by atoms with E-state index in [1.807, 2.05) is 0 Å². The second-order valence-corrected chi connectivity index (χ2v) is 7.19. The van der Waals surface area contributed by atoms with Crippen LogP contribution in [0.2, 0.25) is 0 Å². The number of carbonyl (C=O) groups is 2. The van der Waals surface area contributed by atoms with Crippen LogP contribution < -0.4 is 15.1 Å². The van der Waals surface area contributed by atoms with Gasteiger partial charge in [-0.3, -0.25) is 14.8 Å². The largest absolute Gasteiger partial charge is 0.462 e. The van der Waals surface area contributed by atoms with Crippen LogP contribution in [0.3, 0.4) is 0 Å². The van der Waals surface area contributed by atoms with Crippen LogP contribution in [0.15, 0.2) is 61.3 Å². The second-order valence-electron chi connectivity index (χ2n) is 7.19. The lowest BCUT2D eigenvalue weighted by atomic mass is 10.1. The third-order valence-corrected chi connectivity index (χ3v) is 5.17. The number of esters is 1. The Morgan fingerprint density at radius 1 is 0.969 bits per heavy atom. The minimum atomic E-state index is -0.392. The lowest BCUT2D eigenvalue weighted by Gasteiger charge is -2.37. The van der Waals surface area contributed by atoms with Gasteiger partial charge in [0.1, 0.15) is 5.82 Å². The number of nitrogens with zero attached hydrogens (tertiary/aromatic N) is 5. The van der Waals surface area contributed by atoms with E-state index in [4.69, 9.17) is 4.74 Å². The number of hydrogen-bond donors (Lipinski definition) is 1. The summed E-state index contributed by atoms with van der Waals surface area (Å²) in [6.07, 6.45) is 8.21. The summed E-state index contributed by atoms with van der Waals surface area (Å²) in [6, 6.07) is 8.59. The Hall–Kier alpha value is -4.01. The molecule has 1 saturated heterocycles. The van der Waals surface area contributed by atoms with Gasteiger partial charge in [-0.1, -0.05) is 0 Å². The Morgan fingerprint density at radius 3 is 2.44 bits per heavy atom. The lowest BCUT2D eigenvalue weighted by molar-refractivity contribution is 0.0526. The summed E-state index contributed by atoms with van der Waals surface area (Å²) in [5.41, 5.74) is 2.30. The predicted molar refractivity (Wildman–Crippen MR) is 121 cm³/mol. The number of piperazine rings is 1. The van der Waals surface area contributed by atoms with Gasteiger partial charge in [0, 0.05) is 51.0 Å². The van der Waals surface area contributed by atoms with Crippen LogP contribution in [0.4, 0.5) is 17.2 Å². The Kier molecular flexibility index (Phi) is 6.54. The van der Waals surface area contributed by atoms with Crippen molar-refractivity contribution >= 4 is 29.1 Å². The molecule has 3 heterocycles. The molecule has 1 aliphatic heterocycles. The highest BCUT2D eigenvalue weighted by Gasteiger charge is 2.23. The number of ether oxygens (including phenoxy) is 1. The predicted octanol–water partition coefficient (Wildman–Crippen LogP) is 2.63. The Labute approximate surface area is 186 Å². The van der Waals surface area contributed by atoms with E-state index < -0.39 is 5.97 Å². The van der Waals surface area contributed by atoms with Crippen LogP contribution in [-0.2, 0) is 4.74 Å². The maximum absolute atomic E-state index is 12.7. The van der Waals surface area contributed by atoms with Gasteiger partial charge < -0.3 is 19.9 Å². The third kappa shape index (κ3) is 4.83. The van der Waals surface area contributed by atoms with Crippen molar-refractivity contribution in [3.8, 4) is 0 Å². The summed E-state index contributed by atoms with van der Waals surface area (Å²) in [5.74, 6) is 0.177. The number of hydrogen-bond acceptors (Lipinski definition) is 8. The Bertz CT molecular complexity index is 1070. The molecule has 1 amide bonds. The number of nitrogens with one attached hydrogen (secondary N) is 1. The van der Waals surface area contributed by atoms with E-state index in [9.17, 15) is 9.59 Å². The summed E-state index contributed by atoms with van der Waals surface area (Å²) >= 11 is 0. The molecule has 0 aliphatic carbocycles. The molecule has 1 aromatic carbocycles. The van der Waals surface area contributed by atoms with E-state index in [1.165, 1.54) is 6.20 Å². The zero-order chi connectivity index (χ0) is 22.3. The molecule has 0 unspecified atom stereocenters. The van der Waals surface area contributed by atoms with E-state index in [0.29, 0.717) is 36.5 Å². The van der Waals surface area contributed by atoms with Crippen molar-refractivity contribution in [3.05, 3.63) is 72.4 Å². The van der Waals surface area contributed by atoms with Gasteiger partial charge in [0.25, 0.3) is 5.91 Å². The first-order valence-electron chi connectivity index (χ1n) is 10.4. The van der Waals surface area contributed by atoms with E-state index >= 15 is 0 Å². The molecule has 9 nitrogen and oxygen atoms in total. The number of benzene rings is 1. The van der Waals surface area contributed by atoms with Gasteiger partial charge in [0.2, 0.25) is 0 Å². The molecular formula is C23H24N6O3. The summed E-state index contributed by atoms with van der Waals surface area (Å²) in [6.45, 7) is 4.92. The quantitative estimate of drug-likeness (QED) is 0.594. The standard InChI is InChI=1S/C23H24N6O3/c1-2-32-23(31)17-5-6-19(27-22(30)18-4-3-7-24-15-18)20(14-17)28-10-12-29(13-11-28)21-16-25-8-9-26-21/h3-9,14-16H,2,10-13H2,1H3,(H,27,30). The SMILES string of the molecule is CCOC(=O)c1ccc(NC(=O)c2cccnc2)c(N2CCN(c3cnccn3)CC2)c1. The highest BCUT2D eigenvalue weighted by molar-refractivity contribution is 6.06. The molecule has 1 N–H and O–H groups in total. The highest BCUT2D eigenvalue weighted by atomic mass is 16.5. The minimum Gasteiger partial charge on any atom is -0.462 e. The molecule has 3 aromatic rings. The molecule has 4 rings (SSSR count). The molecule has 0 spiro atoms. The van der Waals surface area contributed by atoms with Crippen LogP contribution in [0.25, 0.3) is 0 Å². The van der Waals surface area contributed by atoms with Gasteiger partial charge in [-0.05, 0) is 37.3 Å². The lowest BCUT2D eigenvalue weighted by Crippen LogP contribution is -2.47. The molecule has 1 aliphatic rings. The van der Waals surface area contributed by atoms with Crippen LogP contribution in [0, 0.1) is 0 Å². The van der Waals surface area contributed by atoms with Crippen molar-refractivity contribution in [3.63, 3.8) is 0 Å². The van der Waals surface area contributed by atoms with Crippen molar-refractivity contribution in [2.45, 2.75) is 6.92 Å². The van der Waals surface area contributed by atoms with Crippen molar-refractivity contribution in [1.29, 1.82) is 0 Å². The number of carbonyl (C=O) groups excluding carboxylic acids is 2. The minimum absolute atomic E-state index is 0.263. The van der Waals surface area contributed by atoms with Crippen molar-refractivity contribution in [2.75, 3.05) is 47.9 Å². The number of aromatic nitrogens is 3. The first kappa shape index (κ1) is 21.2. The van der Waals surface area contributed by atoms with E-state index in [2.05, 4.69) is 30.1 Å². The normalized spacial score (nSPS) is 13.5. The molecule has 2 aromatic heterocycles. The Balaban J connectivity index is 1.57. The molecule has 1 fully saturated rings. The van der Waals surface area contributed by atoms with Crippen LogP contribution >= 0.6 is 0 Å². The topological polar surface area (TPSA) is 101 Å². The molecule has 164 valence electrons. The van der Waals surface area contributed by atoms with Crippen LogP contribution in [0.5, 0.6) is 0 Å². The molecular weight excluding hydrogens is 408 g/mol. The summed E-state index contributed by atoms with van der Waals surface area (Å²) in [4.78, 5) is 41.9. The fourth-order valence-electron chi connectivity index (χ4n) is 3.56. The van der Waals surface area contributed by atoms with Gasteiger partial charge >= 0.3 is 5.97 Å². The molecule has 0 atom stereocenters. The van der Waals surface area contributed by atoms with Crippen molar-refractivity contribution in [2.24, 2.45) is 0 Å². The summed E-state index contributed by atoms with van der Waals surface area (Å²) in [5, 5.41) is 2.96. The molecule has 32 heavy (non-hydrogen) atoms. The number of rotatable bonds is 6. The van der Waals surface area contributed by atoms with Crippen molar-refractivity contribution < 1.29 is 14.3 Å².